The Morgan fingerprint density at radius 1 is 1.33 bits per heavy atom. The molecule has 0 heterocycles. The van der Waals surface area contributed by atoms with Crippen molar-refractivity contribution in [2.24, 2.45) is 0 Å². The van der Waals surface area contributed by atoms with Gasteiger partial charge >= 0.3 is 5.97 Å². The van der Waals surface area contributed by atoms with Gasteiger partial charge in [0.05, 0.1) is 0 Å². The van der Waals surface area contributed by atoms with Crippen molar-refractivity contribution in [3.63, 3.8) is 0 Å². The number of carboxylic acids is 1. The molecular weight excluding hydrogens is 234 g/mol. The molecule has 1 aromatic rings. The van der Waals surface area contributed by atoms with Crippen LogP contribution in [0.25, 0.3) is 0 Å². The van der Waals surface area contributed by atoms with Crippen LogP contribution in [0.1, 0.15) is 10.4 Å². The van der Waals surface area contributed by atoms with Gasteiger partial charge in [-0.05, 0) is 0 Å². The van der Waals surface area contributed by atoms with Crippen molar-refractivity contribution < 1.29 is 28.6 Å². The first-order chi connectivity index (χ1) is 6.86. The van der Waals surface area contributed by atoms with E-state index >= 15 is 0 Å². The molecule has 0 radical (unpaired) electrons. The zero-order valence-electron chi connectivity index (χ0n) is 6.92. The molecule has 0 saturated heterocycles. The summed E-state index contributed by atoms with van der Waals surface area (Å²) in [5.41, 5.74) is -1.30. The summed E-state index contributed by atoms with van der Waals surface area (Å²) in [6.07, 6.45) is 0. The summed E-state index contributed by atoms with van der Waals surface area (Å²) in [6, 6.07) is 0.363. The number of aromatic hydroxyl groups is 1. The van der Waals surface area contributed by atoms with Gasteiger partial charge in [0, 0.05) is 6.07 Å². The van der Waals surface area contributed by atoms with E-state index in [4.69, 9.17) is 21.8 Å². The molecule has 0 saturated carbocycles. The number of phenolic OH excluding ortho intramolecular Hbond substituents is 1. The number of benzene rings is 1. The number of carbonyl (C=O) groups excluding carboxylic acids is 1. The van der Waals surface area contributed by atoms with E-state index in [9.17, 15) is 18.4 Å². The molecule has 0 fully saturated rings. The summed E-state index contributed by atoms with van der Waals surface area (Å²) in [6.45, 7) is 0. The molecule has 4 nitrogen and oxygen atoms in total. The molecule has 0 spiro atoms. The summed E-state index contributed by atoms with van der Waals surface area (Å²) < 4.78 is 26.1. The minimum absolute atomic E-state index is 0.363. The molecule has 2 N–H and O–H groups in total. The predicted octanol–water partition coefficient (Wildman–Crippen LogP) is 1.59. The average Bonchev–Trinajstić information content (AvgIpc) is 2.14. The predicted molar refractivity (Wildman–Crippen MR) is 45.0 cm³/mol. The van der Waals surface area contributed by atoms with Crippen LogP contribution in [0.4, 0.5) is 8.78 Å². The van der Waals surface area contributed by atoms with Crippen LogP contribution in [0.15, 0.2) is 6.07 Å². The smallest absolute Gasteiger partial charge is 0.377 e. The Balaban J connectivity index is 3.49. The largest absolute Gasteiger partial charge is 0.506 e. The highest BCUT2D eigenvalue weighted by Crippen LogP contribution is 2.30. The molecule has 0 unspecified atom stereocenters. The van der Waals surface area contributed by atoms with Gasteiger partial charge in [-0.1, -0.05) is 11.6 Å². The number of hydrogen-bond acceptors (Lipinski definition) is 3. The van der Waals surface area contributed by atoms with Crippen molar-refractivity contribution >= 4 is 23.4 Å². The van der Waals surface area contributed by atoms with E-state index in [1.54, 1.807) is 0 Å². The monoisotopic (exact) mass is 236 g/mol. The quantitative estimate of drug-likeness (QED) is 0.465. The van der Waals surface area contributed by atoms with Crippen molar-refractivity contribution in [3.05, 3.63) is 28.3 Å². The highest BCUT2D eigenvalue weighted by Gasteiger charge is 2.27. The van der Waals surface area contributed by atoms with Crippen LogP contribution >= 0.6 is 11.6 Å². The first kappa shape index (κ1) is 11.4. The maximum Gasteiger partial charge on any atom is 0.377 e. The second kappa shape index (κ2) is 3.82. The molecule has 15 heavy (non-hydrogen) atoms. The van der Waals surface area contributed by atoms with E-state index in [2.05, 4.69) is 0 Å². The van der Waals surface area contributed by atoms with Gasteiger partial charge in [0.1, 0.15) is 22.2 Å². The third-order valence-corrected chi connectivity index (χ3v) is 1.92. The van der Waals surface area contributed by atoms with Gasteiger partial charge < -0.3 is 10.2 Å². The summed E-state index contributed by atoms with van der Waals surface area (Å²) in [4.78, 5) is 21.0. The first-order valence-electron chi connectivity index (χ1n) is 3.50. The molecule has 0 atom stereocenters. The van der Waals surface area contributed by atoms with Gasteiger partial charge in [-0.25, -0.2) is 13.6 Å². The molecule has 7 heteroatoms. The molecule has 0 aromatic heterocycles. The topological polar surface area (TPSA) is 74.6 Å². The van der Waals surface area contributed by atoms with Gasteiger partial charge in [0.2, 0.25) is 0 Å². The lowest BCUT2D eigenvalue weighted by Crippen LogP contribution is -2.16. The van der Waals surface area contributed by atoms with Crippen LogP contribution in [0.3, 0.4) is 0 Å². The Bertz CT molecular complexity index is 458. The molecule has 0 amide bonds. The van der Waals surface area contributed by atoms with Crippen LogP contribution in [-0.2, 0) is 4.79 Å². The number of aliphatic carboxylic acids is 1. The Morgan fingerprint density at radius 3 is 2.33 bits per heavy atom. The summed E-state index contributed by atoms with van der Waals surface area (Å²) in [7, 11) is 0. The number of carbonyl (C=O) groups is 2. The van der Waals surface area contributed by atoms with E-state index < -0.39 is 39.7 Å². The molecule has 1 aromatic carbocycles. The minimum Gasteiger partial charge on any atom is -0.506 e. The normalized spacial score (nSPS) is 10.1. The first-order valence-corrected chi connectivity index (χ1v) is 3.88. The van der Waals surface area contributed by atoms with Crippen molar-refractivity contribution in [1.29, 1.82) is 0 Å². The lowest BCUT2D eigenvalue weighted by atomic mass is 10.1. The fourth-order valence-corrected chi connectivity index (χ4v) is 1.05. The Kier molecular flexibility index (Phi) is 2.90. The highest BCUT2D eigenvalue weighted by molar-refractivity contribution is 6.41. The Labute approximate surface area is 86.7 Å². The number of carboxylic acid groups (broad SMARTS) is 1. The zero-order valence-corrected chi connectivity index (χ0v) is 7.68. The zero-order chi connectivity index (χ0) is 11.7. The van der Waals surface area contributed by atoms with Gasteiger partial charge in [-0.2, -0.15) is 0 Å². The van der Waals surface area contributed by atoms with Crippen LogP contribution in [-0.4, -0.2) is 22.0 Å². The number of ketones is 1. The maximum absolute atomic E-state index is 13.1. The SMILES string of the molecule is O=C(O)C(=O)c1c(F)cc(O)c(Cl)c1F. The Morgan fingerprint density at radius 2 is 1.87 bits per heavy atom. The van der Waals surface area contributed by atoms with Gasteiger partial charge in [0.15, 0.2) is 5.82 Å². The molecule has 0 aliphatic carbocycles. The van der Waals surface area contributed by atoms with E-state index in [-0.39, 0.29) is 0 Å². The fraction of sp³-hybridized carbons (Fsp3) is 0. The second-order valence-electron chi connectivity index (χ2n) is 2.51. The standard InChI is InChI=1S/C8H3ClF2O4/c9-5-3(12)1-2(10)4(6(5)11)7(13)8(14)15/h1,12H,(H,14,15). The molecule has 0 bridgehead atoms. The van der Waals surface area contributed by atoms with Gasteiger partial charge in [-0.3, -0.25) is 4.79 Å². The number of hydrogen-bond donors (Lipinski definition) is 2. The maximum atomic E-state index is 13.1. The second-order valence-corrected chi connectivity index (χ2v) is 2.89. The van der Waals surface area contributed by atoms with Crippen molar-refractivity contribution in [1.82, 2.24) is 0 Å². The summed E-state index contributed by atoms with van der Waals surface area (Å²) in [5.74, 6) is -7.78. The van der Waals surface area contributed by atoms with Crippen molar-refractivity contribution in [3.8, 4) is 5.75 Å². The summed E-state index contributed by atoms with van der Waals surface area (Å²) >= 11 is 5.17. The van der Waals surface area contributed by atoms with Crippen molar-refractivity contribution in [2.45, 2.75) is 0 Å². The average molecular weight is 237 g/mol. The fourth-order valence-electron chi connectivity index (χ4n) is 0.898. The van der Waals surface area contributed by atoms with E-state index in [1.165, 1.54) is 0 Å². The minimum atomic E-state index is -2.02. The van der Waals surface area contributed by atoms with Gasteiger partial charge in [0.25, 0.3) is 5.78 Å². The molecular formula is C8H3ClF2O4. The van der Waals surface area contributed by atoms with Crippen LogP contribution in [0.2, 0.25) is 5.02 Å². The van der Waals surface area contributed by atoms with Crippen LogP contribution < -0.4 is 0 Å². The molecule has 1 rings (SSSR count). The molecule has 0 aliphatic rings. The number of phenols is 1. The lowest BCUT2D eigenvalue weighted by Gasteiger charge is -2.04. The lowest BCUT2D eigenvalue weighted by molar-refractivity contribution is -0.131. The third-order valence-electron chi connectivity index (χ3n) is 1.56. The van der Waals surface area contributed by atoms with Gasteiger partial charge in [-0.15, -0.1) is 0 Å². The molecule has 0 aliphatic heterocycles. The van der Waals surface area contributed by atoms with E-state index in [1.807, 2.05) is 0 Å². The van der Waals surface area contributed by atoms with Crippen LogP contribution in [0, 0.1) is 11.6 Å². The number of rotatable bonds is 2. The Hall–Kier alpha value is -1.69. The summed E-state index contributed by atoms with van der Waals surface area (Å²) in [5, 5.41) is 16.2. The van der Waals surface area contributed by atoms with E-state index in [0.29, 0.717) is 6.07 Å². The third kappa shape index (κ3) is 1.89. The van der Waals surface area contributed by atoms with Crippen LogP contribution in [0.5, 0.6) is 5.75 Å². The van der Waals surface area contributed by atoms with Crippen molar-refractivity contribution in [2.75, 3.05) is 0 Å². The highest BCUT2D eigenvalue weighted by atomic mass is 35.5. The molecule has 80 valence electrons. The number of Topliss-reactive ketones (excluding diaryl/α,β-unsaturated/α-hetero) is 1. The number of halogens is 3. The van der Waals surface area contributed by atoms with E-state index in [0.717, 1.165) is 0 Å².